The number of halogens is 3. The zero-order valence-electron chi connectivity index (χ0n) is 8.64. The van der Waals surface area contributed by atoms with Gasteiger partial charge >= 0.3 is 0 Å². The van der Waals surface area contributed by atoms with E-state index in [-0.39, 0.29) is 12.4 Å². The maximum atomic E-state index is 5.98. The van der Waals surface area contributed by atoms with E-state index in [2.05, 4.69) is 5.32 Å². The van der Waals surface area contributed by atoms with E-state index in [0.717, 1.165) is 12.1 Å². The zero-order chi connectivity index (χ0) is 10.6. The van der Waals surface area contributed by atoms with Crippen LogP contribution in [0.15, 0.2) is 12.1 Å². The van der Waals surface area contributed by atoms with E-state index < -0.39 is 0 Å². The molecule has 1 N–H and O–H groups in total. The lowest BCUT2D eigenvalue weighted by Crippen LogP contribution is -2.12. The maximum absolute atomic E-state index is 5.98. The number of methoxy groups -OCH3 is 1. The lowest BCUT2D eigenvalue weighted by Gasteiger charge is -2.11. The van der Waals surface area contributed by atoms with Crippen LogP contribution in [0.2, 0.25) is 10.0 Å². The fraction of sp³-hybridized carbons (Fsp3) is 0.400. The molecule has 0 unspecified atom stereocenters. The predicted molar refractivity (Wildman–Crippen MR) is 67.6 cm³/mol. The summed E-state index contributed by atoms with van der Waals surface area (Å²) in [6.45, 7) is 3.64. The van der Waals surface area contributed by atoms with Gasteiger partial charge in [-0.3, -0.25) is 0 Å². The highest BCUT2D eigenvalue weighted by molar-refractivity contribution is 6.35. The van der Waals surface area contributed by atoms with Gasteiger partial charge in [0.05, 0.1) is 12.1 Å². The Balaban J connectivity index is 0.00000196. The third-order valence-corrected chi connectivity index (χ3v) is 2.35. The molecule has 0 radical (unpaired) electrons. The molecule has 1 aromatic rings. The van der Waals surface area contributed by atoms with Gasteiger partial charge in [-0.1, -0.05) is 30.1 Å². The second kappa shape index (κ2) is 7.18. The molecule has 0 saturated carbocycles. The normalized spacial score (nSPS) is 9.60. The van der Waals surface area contributed by atoms with Crippen molar-refractivity contribution in [3.05, 3.63) is 27.7 Å². The number of rotatable bonds is 4. The van der Waals surface area contributed by atoms with Gasteiger partial charge in [-0.15, -0.1) is 12.4 Å². The molecule has 5 heteroatoms. The Kier molecular flexibility index (Phi) is 7.11. The summed E-state index contributed by atoms with van der Waals surface area (Å²) in [4.78, 5) is 0. The Morgan fingerprint density at radius 3 is 2.53 bits per heavy atom. The Labute approximate surface area is 106 Å². The summed E-state index contributed by atoms with van der Waals surface area (Å²) in [5.41, 5.74) is 0.979. The van der Waals surface area contributed by atoms with Crippen LogP contribution in [0.1, 0.15) is 12.5 Å². The van der Waals surface area contributed by atoms with Crippen molar-refractivity contribution in [2.24, 2.45) is 0 Å². The summed E-state index contributed by atoms with van der Waals surface area (Å²) in [6, 6.07) is 3.53. The van der Waals surface area contributed by atoms with Crippen LogP contribution < -0.4 is 10.1 Å². The van der Waals surface area contributed by atoms with E-state index in [1.807, 2.05) is 13.0 Å². The standard InChI is InChI=1S/C10H13Cl2NO.ClH/c1-3-13-6-7-4-8(11)5-9(12)10(7)14-2;/h4-5,13H,3,6H2,1-2H3;1H. The lowest BCUT2D eigenvalue weighted by atomic mass is 10.2. The first-order chi connectivity index (χ1) is 6.69. The topological polar surface area (TPSA) is 21.3 Å². The van der Waals surface area contributed by atoms with Gasteiger partial charge in [0, 0.05) is 17.1 Å². The van der Waals surface area contributed by atoms with Crippen molar-refractivity contribution < 1.29 is 4.74 Å². The molecule has 0 saturated heterocycles. The van der Waals surface area contributed by atoms with E-state index in [1.54, 1.807) is 13.2 Å². The van der Waals surface area contributed by atoms with Gasteiger partial charge in [-0.2, -0.15) is 0 Å². The molecule has 2 nitrogen and oxygen atoms in total. The molecule has 0 amide bonds. The minimum absolute atomic E-state index is 0. The van der Waals surface area contributed by atoms with E-state index in [0.29, 0.717) is 22.3 Å². The van der Waals surface area contributed by atoms with E-state index in [4.69, 9.17) is 27.9 Å². The Hall–Kier alpha value is -0.150. The average Bonchev–Trinajstić information content (AvgIpc) is 2.14. The number of ether oxygens (including phenoxy) is 1. The highest BCUT2D eigenvalue weighted by Crippen LogP contribution is 2.31. The largest absolute Gasteiger partial charge is 0.495 e. The van der Waals surface area contributed by atoms with Crippen LogP contribution in [0.3, 0.4) is 0 Å². The molecule has 0 aliphatic rings. The van der Waals surface area contributed by atoms with Gasteiger partial charge in [0.2, 0.25) is 0 Å². The predicted octanol–water partition coefficient (Wildman–Crippen LogP) is 3.53. The molecule has 1 aromatic carbocycles. The molecule has 0 bridgehead atoms. The highest BCUT2D eigenvalue weighted by Gasteiger charge is 2.08. The molecule has 0 spiro atoms. The first-order valence-electron chi connectivity index (χ1n) is 4.41. The molecular formula is C10H14Cl3NO. The van der Waals surface area contributed by atoms with Crippen molar-refractivity contribution in [3.8, 4) is 5.75 Å². The monoisotopic (exact) mass is 269 g/mol. The van der Waals surface area contributed by atoms with E-state index in [9.17, 15) is 0 Å². The summed E-state index contributed by atoms with van der Waals surface area (Å²) in [7, 11) is 1.60. The van der Waals surface area contributed by atoms with Crippen LogP contribution >= 0.6 is 35.6 Å². The molecule has 0 heterocycles. The molecule has 86 valence electrons. The fourth-order valence-electron chi connectivity index (χ4n) is 1.23. The minimum Gasteiger partial charge on any atom is -0.495 e. The van der Waals surface area contributed by atoms with Crippen LogP contribution in [-0.2, 0) is 6.54 Å². The molecule has 0 fully saturated rings. The lowest BCUT2D eigenvalue weighted by molar-refractivity contribution is 0.408. The highest BCUT2D eigenvalue weighted by atomic mass is 35.5. The van der Waals surface area contributed by atoms with Crippen molar-refractivity contribution >= 4 is 35.6 Å². The number of nitrogens with one attached hydrogen (secondary N) is 1. The Morgan fingerprint density at radius 1 is 1.33 bits per heavy atom. The molecular weight excluding hydrogens is 256 g/mol. The van der Waals surface area contributed by atoms with Crippen LogP contribution in [0, 0.1) is 0 Å². The van der Waals surface area contributed by atoms with Crippen LogP contribution in [0.5, 0.6) is 5.75 Å². The van der Waals surface area contributed by atoms with Gasteiger partial charge in [0.15, 0.2) is 0 Å². The van der Waals surface area contributed by atoms with Crippen LogP contribution in [-0.4, -0.2) is 13.7 Å². The second-order valence-corrected chi connectivity index (χ2v) is 3.70. The summed E-state index contributed by atoms with van der Waals surface area (Å²) < 4.78 is 5.20. The molecule has 0 aliphatic heterocycles. The van der Waals surface area contributed by atoms with Crippen LogP contribution in [0.25, 0.3) is 0 Å². The Bertz CT molecular complexity index is 318. The van der Waals surface area contributed by atoms with Crippen molar-refractivity contribution in [2.75, 3.05) is 13.7 Å². The van der Waals surface area contributed by atoms with E-state index in [1.165, 1.54) is 0 Å². The molecule has 0 aromatic heterocycles. The number of benzene rings is 1. The summed E-state index contributed by atoms with van der Waals surface area (Å²) >= 11 is 11.9. The quantitative estimate of drug-likeness (QED) is 0.904. The molecule has 1 rings (SSSR count). The van der Waals surface area contributed by atoms with Gasteiger partial charge in [-0.05, 0) is 18.7 Å². The first-order valence-corrected chi connectivity index (χ1v) is 5.17. The Morgan fingerprint density at radius 2 is 2.00 bits per heavy atom. The minimum atomic E-state index is 0. The van der Waals surface area contributed by atoms with Gasteiger partial charge in [-0.25, -0.2) is 0 Å². The third-order valence-electron chi connectivity index (χ3n) is 1.85. The zero-order valence-corrected chi connectivity index (χ0v) is 11.0. The molecule has 15 heavy (non-hydrogen) atoms. The first kappa shape index (κ1) is 14.8. The van der Waals surface area contributed by atoms with Crippen LogP contribution in [0.4, 0.5) is 0 Å². The summed E-state index contributed by atoms with van der Waals surface area (Å²) in [5, 5.41) is 4.37. The average molecular weight is 271 g/mol. The van der Waals surface area contributed by atoms with Gasteiger partial charge in [0.25, 0.3) is 0 Å². The summed E-state index contributed by atoms with van der Waals surface area (Å²) in [5.74, 6) is 0.692. The van der Waals surface area contributed by atoms with Crippen molar-refractivity contribution in [3.63, 3.8) is 0 Å². The number of hydrogen-bond acceptors (Lipinski definition) is 2. The summed E-state index contributed by atoms with van der Waals surface area (Å²) in [6.07, 6.45) is 0. The maximum Gasteiger partial charge on any atom is 0.142 e. The molecule has 0 atom stereocenters. The van der Waals surface area contributed by atoms with E-state index >= 15 is 0 Å². The van der Waals surface area contributed by atoms with Crippen molar-refractivity contribution in [1.29, 1.82) is 0 Å². The van der Waals surface area contributed by atoms with Crippen molar-refractivity contribution in [1.82, 2.24) is 5.32 Å². The molecule has 0 aliphatic carbocycles. The number of hydrogen-bond donors (Lipinski definition) is 1. The third kappa shape index (κ3) is 4.07. The second-order valence-electron chi connectivity index (χ2n) is 2.86. The smallest absolute Gasteiger partial charge is 0.142 e. The van der Waals surface area contributed by atoms with Gasteiger partial charge < -0.3 is 10.1 Å². The van der Waals surface area contributed by atoms with Crippen molar-refractivity contribution in [2.45, 2.75) is 13.5 Å². The van der Waals surface area contributed by atoms with Gasteiger partial charge in [0.1, 0.15) is 5.75 Å². The SMILES string of the molecule is CCNCc1cc(Cl)cc(Cl)c1OC.Cl. The fourth-order valence-corrected chi connectivity index (χ4v) is 1.85.